The molecule has 6 rings (SSSR count). The number of hydrogen-bond donors (Lipinski definition) is 6. The summed E-state index contributed by atoms with van der Waals surface area (Å²) in [5, 5.41) is 30.4. The van der Waals surface area contributed by atoms with Crippen LogP contribution >= 0.6 is 0 Å². The molecule has 7 N–H and O–H groups in total. The molecule has 0 radical (unpaired) electrons. The van der Waals surface area contributed by atoms with Crippen LogP contribution in [0.25, 0.3) is 11.3 Å². The molecule has 4 heterocycles. The number of unbranched alkanes of at least 4 members (excludes halogenated alkanes) is 5. The number of hydrogen-bond acceptors (Lipinski definition) is 13. The molecule has 0 saturated carbocycles. The Morgan fingerprint density at radius 2 is 1.73 bits per heavy atom. The lowest BCUT2D eigenvalue weighted by Gasteiger charge is -2.36. The lowest BCUT2D eigenvalue weighted by atomic mass is 9.85. The second-order valence-corrected chi connectivity index (χ2v) is 20.4. The van der Waals surface area contributed by atoms with Gasteiger partial charge in [0.25, 0.3) is 11.8 Å². The minimum absolute atomic E-state index is 0.00583. The van der Waals surface area contributed by atoms with E-state index in [9.17, 15) is 33.6 Å². The fourth-order valence-corrected chi connectivity index (χ4v) is 9.45. The number of nitrogen functional groups attached to an aromatic ring is 1. The number of nitrogens with two attached hydrogens (primary N) is 1. The van der Waals surface area contributed by atoms with Gasteiger partial charge < -0.3 is 46.9 Å². The molecule has 20 heteroatoms. The molecule has 2 aromatic heterocycles. The molecular formula is C54H74FN13O6. The zero-order valence-electron chi connectivity index (χ0n) is 44.1. The number of benzene rings is 2. The molecule has 1 fully saturated rings. The van der Waals surface area contributed by atoms with Gasteiger partial charge in [-0.3, -0.25) is 28.7 Å². The highest BCUT2D eigenvalue weighted by molar-refractivity contribution is 5.96. The number of aromatic nitrogens is 4. The SMILES string of the molecule is CC[C@@H](NC(=O)[C@@H]1C[C@H](NCCCCCCCCC(=O)NCCn2nc(C#N)c3c2CN(C)C(=O)c2ccc(F)cc2[C@@H](C)Oc2nc-3cnc2N)CN1C(=O)[C@@H](NC(=O)[C@H](C)NC)C(C)(C)C)c1ccccc1. The molecule has 74 heavy (non-hydrogen) atoms. The second kappa shape index (κ2) is 25.8. The summed E-state index contributed by atoms with van der Waals surface area (Å²) in [5.41, 5.74) is 8.17. The second-order valence-electron chi connectivity index (χ2n) is 20.4. The third-order valence-electron chi connectivity index (χ3n) is 13.8. The van der Waals surface area contributed by atoms with Gasteiger partial charge in [0.2, 0.25) is 23.6 Å². The number of anilines is 1. The number of halogens is 1. The lowest BCUT2D eigenvalue weighted by molar-refractivity contribution is -0.144. The summed E-state index contributed by atoms with van der Waals surface area (Å²) < 4.78 is 22.1. The molecule has 2 aromatic carbocycles. The van der Waals surface area contributed by atoms with E-state index < -0.39 is 41.4 Å². The van der Waals surface area contributed by atoms with Gasteiger partial charge in [0.05, 0.1) is 48.3 Å². The minimum atomic E-state index is -0.841. The van der Waals surface area contributed by atoms with Crippen LogP contribution in [0.1, 0.15) is 144 Å². The molecule has 6 atom stereocenters. The number of likely N-dealkylation sites (tertiary alicyclic amines) is 1. The first kappa shape index (κ1) is 56.3. The maximum atomic E-state index is 14.5. The van der Waals surface area contributed by atoms with E-state index in [1.165, 1.54) is 29.3 Å². The molecule has 398 valence electrons. The van der Waals surface area contributed by atoms with Gasteiger partial charge in [-0.1, -0.05) is 83.7 Å². The van der Waals surface area contributed by atoms with E-state index in [2.05, 4.69) is 47.7 Å². The summed E-state index contributed by atoms with van der Waals surface area (Å²) in [7, 11) is 3.29. The maximum absolute atomic E-state index is 14.5. The van der Waals surface area contributed by atoms with Crippen molar-refractivity contribution in [1.29, 1.82) is 5.26 Å². The minimum Gasteiger partial charge on any atom is -0.467 e. The van der Waals surface area contributed by atoms with Crippen LogP contribution in [0, 0.1) is 22.6 Å². The zero-order valence-corrected chi connectivity index (χ0v) is 44.1. The number of nitrogens with zero attached hydrogens (tertiary/aromatic N) is 7. The predicted molar refractivity (Wildman–Crippen MR) is 278 cm³/mol. The number of amides is 5. The molecule has 1 saturated heterocycles. The zero-order chi connectivity index (χ0) is 53.7. The molecule has 2 aliphatic rings. The Morgan fingerprint density at radius 3 is 2.42 bits per heavy atom. The summed E-state index contributed by atoms with van der Waals surface area (Å²) >= 11 is 0. The largest absolute Gasteiger partial charge is 0.467 e. The number of likely N-dealkylation sites (N-methyl/N-ethyl adjacent to an activating group) is 1. The van der Waals surface area contributed by atoms with Crippen LogP contribution in [0.3, 0.4) is 0 Å². The highest BCUT2D eigenvalue weighted by atomic mass is 19.1. The maximum Gasteiger partial charge on any atom is 0.258 e. The number of rotatable bonds is 21. The molecule has 4 aromatic rings. The number of carbonyl (C=O) groups is 5. The van der Waals surface area contributed by atoms with Crippen LogP contribution in [-0.2, 0) is 32.3 Å². The lowest BCUT2D eigenvalue weighted by Crippen LogP contribution is -2.59. The molecular weight excluding hydrogens is 946 g/mol. The summed E-state index contributed by atoms with van der Waals surface area (Å²) in [6, 6.07) is 13.4. The first-order chi connectivity index (χ1) is 35.3. The van der Waals surface area contributed by atoms with Gasteiger partial charge in [0.15, 0.2) is 11.5 Å². The Labute approximate surface area is 433 Å². The molecule has 19 nitrogen and oxygen atoms in total. The molecule has 2 bridgehead atoms. The molecule has 2 aliphatic heterocycles. The van der Waals surface area contributed by atoms with Gasteiger partial charge in [-0.25, -0.2) is 14.4 Å². The first-order valence-electron chi connectivity index (χ1n) is 25.8. The number of nitriles is 1. The fraction of sp³-hybridized carbons (Fsp3) is 0.537. The average molecular weight is 1020 g/mol. The Balaban J connectivity index is 0.977. The third-order valence-corrected chi connectivity index (χ3v) is 13.8. The summed E-state index contributed by atoms with van der Waals surface area (Å²) in [6.07, 6.45) is 7.43. The predicted octanol–water partition coefficient (Wildman–Crippen LogP) is 5.47. The van der Waals surface area contributed by atoms with Crippen molar-refractivity contribution < 1.29 is 33.1 Å². The van der Waals surface area contributed by atoms with Crippen molar-refractivity contribution in [3.63, 3.8) is 0 Å². The van der Waals surface area contributed by atoms with E-state index in [1.54, 1.807) is 37.5 Å². The van der Waals surface area contributed by atoms with Crippen molar-refractivity contribution in [3.8, 4) is 23.2 Å². The van der Waals surface area contributed by atoms with E-state index >= 15 is 0 Å². The Hall–Kier alpha value is -6.98. The topological polar surface area (TPSA) is 255 Å². The van der Waals surface area contributed by atoms with Gasteiger partial charge in [-0.2, -0.15) is 10.4 Å². The van der Waals surface area contributed by atoms with Gasteiger partial charge in [-0.15, -0.1) is 0 Å². The fourth-order valence-electron chi connectivity index (χ4n) is 9.45. The van der Waals surface area contributed by atoms with E-state index in [4.69, 9.17) is 10.5 Å². The normalized spacial score (nSPS) is 17.8. The average Bonchev–Trinajstić information content (AvgIpc) is 3.97. The van der Waals surface area contributed by atoms with E-state index in [1.807, 2.05) is 58.0 Å². The summed E-state index contributed by atoms with van der Waals surface area (Å²) in [6.45, 7) is 12.6. The molecule has 0 spiro atoms. The highest BCUT2D eigenvalue weighted by Crippen LogP contribution is 2.34. The third kappa shape index (κ3) is 14.2. The van der Waals surface area contributed by atoms with Crippen LogP contribution in [0.15, 0.2) is 54.7 Å². The van der Waals surface area contributed by atoms with Crippen molar-refractivity contribution in [2.24, 2.45) is 5.41 Å². The van der Waals surface area contributed by atoms with Crippen molar-refractivity contribution in [2.45, 2.75) is 149 Å². The van der Waals surface area contributed by atoms with Crippen LogP contribution < -0.4 is 37.1 Å². The smallest absolute Gasteiger partial charge is 0.258 e. The van der Waals surface area contributed by atoms with Crippen LogP contribution in [0.2, 0.25) is 0 Å². The highest BCUT2D eigenvalue weighted by Gasteiger charge is 2.45. The number of nitrogens with one attached hydrogen (secondary N) is 5. The van der Waals surface area contributed by atoms with Gasteiger partial charge in [0.1, 0.15) is 30.1 Å². The van der Waals surface area contributed by atoms with E-state index in [0.717, 1.165) is 37.7 Å². The van der Waals surface area contributed by atoms with Crippen molar-refractivity contribution in [1.82, 2.24) is 56.1 Å². The van der Waals surface area contributed by atoms with Crippen LogP contribution in [0.5, 0.6) is 5.88 Å². The molecule has 0 unspecified atom stereocenters. The summed E-state index contributed by atoms with van der Waals surface area (Å²) in [5.74, 6) is -1.91. The van der Waals surface area contributed by atoms with Crippen LogP contribution in [-0.4, -0.2) is 117 Å². The Bertz CT molecular complexity index is 2650. The number of fused-ring (bicyclic) bond motifs is 5. The summed E-state index contributed by atoms with van der Waals surface area (Å²) in [4.78, 5) is 80.3. The Kier molecular flexibility index (Phi) is 19.6. The quantitative estimate of drug-likeness (QED) is 0.0567. The van der Waals surface area contributed by atoms with Gasteiger partial charge >= 0.3 is 0 Å². The van der Waals surface area contributed by atoms with E-state index in [-0.39, 0.29) is 84.0 Å². The van der Waals surface area contributed by atoms with Crippen molar-refractivity contribution in [2.75, 3.05) is 39.5 Å². The van der Waals surface area contributed by atoms with E-state index in [0.29, 0.717) is 55.6 Å². The van der Waals surface area contributed by atoms with Crippen molar-refractivity contribution >= 4 is 35.4 Å². The first-order valence-corrected chi connectivity index (χ1v) is 25.8. The Morgan fingerprint density at radius 1 is 1.01 bits per heavy atom. The monoisotopic (exact) mass is 1020 g/mol. The standard InChI is InChI=1S/C54H74FN13O6/c1-9-40(35-19-15-14-16-20-35)62-50(71)43-28-37(31-67(43)53(73)47(54(4,5)6)64-49(70)33(2)58-7)59-24-18-13-11-10-12-17-21-45(69)60-25-26-68-44-32-66(8)52(72)38-23-22-36(55)27-39(38)34(3)74-51-48(57)61-30-42(63-51)46(44)41(29-56)65-68/h14-16,19-20,22-23,27,30,33-34,37,40,43,47,58-59H,9-13,17-18,21,24-26,28,31-32H2,1-8H3,(H2,57,61)(H,60,69)(H,62,71)(H,64,70)/t33-,34+,37-,40+,43-,47+/m0/s1. The number of ether oxygens (including phenoxy) is 1. The van der Waals surface area contributed by atoms with Crippen LogP contribution in [0.4, 0.5) is 10.2 Å². The van der Waals surface area contributed by atoms with Gasteiger partial charge in [0, 0.05) is 43.7 Å². The van der Waals surface area contributed by atoms with Gasteiger partial charge in [-0.05, 0) is 82.3 Å². The van der Waals surface area contributed by atoms with Crippen molar-refractivity contribution in [3.05, 3.63) is 88.6 Å². The number of carbonyl (C=O) groups excluding carboxylic acids is 5. The molecule has 5 amide bonds. The molecule has 0 aliphatic carbocycles.